The third-order valence-electron chi connectivity index (χ3n) is 4.95. The summed E-state index contributed by atoms with van der Waals surface area (Å²) in [6, 6.07) is 2.70. The summed E-state index contributed by atoms with van der Waals surface area (Å²) >= 11 is 0. The van der Waals surface area contributed by atoms with Gasteiger partial charge in [0.1, 0.15) is 11.4 Å². The summed E-state index contributed by atoms with van der Waals surface area (Å²) in [5, 5.41) is 16.3. The van der Waals surface area contributed by atoms with Crippen LogP contribution < -0.4 is 16.4 Å². The largest absolute Gasteiger partial charge is 0.387 e. The second kappa shape index (κ2) is 14.6. The first-order valence-electron chi connectivity index (χ1n) is 11.2. The zero-order valence-corrected chi connectivity index (χ0v) is 20.7. The molecule has 0 aliphatic carbocycles. The quantitative estimate of drug-likeness (QED) is 0.0976. The lowest BCUT2D eigenvalue weighted by Crippen LogP contribution is -2.29. The van der Waals surface area contributed by atoms with Gasteiger partial charge in [-0.1, -0.05) is 0 Å². The normalized spacial score (nSPS) is 11.5. The molecule has 2 aromatic heterocycles. The van der Waals surface area contributed by atoms with Gasteiger partial charge >= 0.3 is 0 Å². The van der Waals surface area contributed by atoms with Crippen molar-refractivity contribution >= 4 is 29.0 Å². The van der Waals surface area contributed by atoms with E-state index in [1.807, 2.05) is 0 Å². The van der Waals surface area contributed by atoms with Crippen LogP contribution in [0.15, 0.2) is 29.5 Å². The average Bonchev–Trinajstić information content (AvgIpc) is 3.40. The summed E-state index contributed by atoms with van der Waals surface area (Å²) in [5.41, 5.74) is 6.51. The number of anilines is 1. The molecule has 198 valence electrons. The number of carbonyl (C=O) groups excluding carboxylic acids is 2. The number of methoxy groups -OCH3 is 1. The van der Waals surface area contributed by atoms with E-state index in [-0.39, 0.29) is 23.8 Å². The summed E-state index contributed by atoms with van der Waals surface area (Å²) in [6.07, 6.45) is 3.19. The van der Waals surface area contributed by atoms with Crippen molar-refractivity contribution in [2.45, 2.75) is 6.42 Å². The monoisotopic (exact) mass is 507 g/mol. The molecule has 0 saturated carbocycles. The molecule has 0 saturated heterocycles. The Hall–Kier alpha value is -3.75. The fourth-order valence-electron chi connectivity index (χ4n) is 3.12. The number of amides is 2. The Balaban J connectivity index is 1.74. The third kappa shape index (κ3) is 9.13. The van der Waals surface area contributed by atoms with Crippen LogP contribution in [-0.4, -0.2) is 84.9 Å². The van der Waals surface area contributed by atoms with Crippen LogP contribution in [0.2, 0.25) is 0 Å². The van der Waals surface area contributed by atoms with Crippen molar-refractivity contribution in [3.05, 3.63) is 46.0 Å². The summed E-state index contributed by atoms with van der Waals surface area (Å²) in [4.78, 5) is 39.6. The number of aliphatic imine (C=N–C) groups is 1. The molecule has 14 heteroatoms. The molecule has 14 nitrogen and oxygen atoms in total. The molecule has 0 spiro atoms. The lowest BCUT2D eigenvalue weighted by Gasteiger charge is -2.06. The number of aryl methyl sites for hydroxylation is 2. The zero-order valence-electron chi connectivity index (χ0n) is 20.7. The number of aromatic nitrogens is 2. The van der Waals surface area contributed by atoms with Gasteiger partial charge in [-0.15, -0.1) is 0 Å². The maximum absolute atomic E-state index is 12.5. The number of carbonyl (C=O) groups is 2. The molecule has 2 rings (SSSR count). The minimum absolute atomic E-state index is 0.118. The molecule has 0 aliphatic heterocycles. The zero-order chi connectivity index (χ0) is 26.5. The molecule has 2 amide bonds. The molecule has 0 bridgehead atoms. The van der Waals surface area contributed by atoms with Gasteiger partial charge in [-0.2, -0.15) is 0 Å². The van der Waals surface area contributed by atoms with E-state index in [0.29, 0.717) is 63.2 Å². The van der Waals surface area contributed by atoms with E-state index in [2.05, 4.69) is 15.6 Å². The SMILES string of the molecule is COCCOCCOCCN=C(N)CCNC(=O)c1cc(NC(=O)c2cc([N+](=O)[O-])cn2C)cn1C. The van der Waals surface area contributed by atoms with Crippen molar-refractivity contribution in [3.8, 4) is 0 Å². The van der Waals surface area contributed by atoms with Crippen molar-refractivity contribution in [2.24, 2.45) is 24.8 Å². The number of nitrogens with zero attached hydrogens (tertiary/aromatic N) is 4. The number of ether oxygens (including phenoxy) is 3. The molecule has 0 aromatic carbocycles. The lowest BCUT2D eigenvalue weighted by atomic mass is 10.3. The first-order chi connectivity index (χ1) is 17.2. The Labute approximate surface area is 208 Å². The predicted octanol–water partition coefficient (Wildman–Crippen LogP) is 0.681. The molecule has 0 atom stereocenters. The van der Waals surface area contributed by atoms with Crippen molar-refractivity contribution in [3.63, 3.8) is 0 Å². The van der Waals surface area contributed by atoms with E-state index < -0.39 is 10.8 Å². The van der Waals surface area contributed by atoms with E-state index >= 15 is 0 Å². The highest BCUT2D eigenvalue weighted by Crippen LogP contribution is 2.18. The third-order valence-corrected chi connectivity index (χ3v) is 4.95. The summed E-state index contributed by atoms with van der Waals surface area (Å²) in [6.45, 7) is 3.10. The molecule has 36 heavy (non-hydrogen) atoms. The molecule has 0 unspecified atom stereocenters. The van der Waals surface area contributed by atoms with Crippen LogP contribution in [0.4, 0.5) is 11.4 Å². The van der Waals surface area contributed by atoms with Crippen molar-refractivity contribution < 1.29 is 28.7 Å². The topological polar surface area (TPSA) is 177 Å². The maximum Gasteiger partial charge on any atom is 0.287 e. The molecule has 2 aromatic rings. The van der Waals surface area contributed by atoms with Gasteiger partial charge in [-0.25, -0.2) is 0 Å². The van der Waals surface area contributed by atoms with Crippen molar-refractivity contribution in [1.29, 1.82) is 0 Å². The number of amidine groups is 1. The molecule has 0 radical (unpaired) electrons. The van der Waals surface area contributed by atoms with E-state index in [9.17, 15) is 19.7 Å². The number of rotatable bonds is 16. The second-order valence-electron chi connectivity index (χ2n) is 7.73. The number of nitrogens with one attached hydrogen (secondary N) is 2. The van der Waals surface area contributed by atoms with E-state index in [1.54, 1.807) is 24.9 Å². The summed E-state index contributed by atoms with van der Waals surface area (Å²) < 4.78 is 18.5. The molecular formula is C22H33N7O7. The van der Waals surface area contributed by atoms with E-state index in [0.717, 1.165) is 0 Å². The molecular weight excluding hydrogens is 474 g/mol. The number of hydrogen-bond donors (Lipinski definition) is 3. The Morgan fingerprint density at radius 3 is 2.33 bits per heavy atom. The number of nitro groups is 1. The highest BCUT2D eigenvalue weighted by Gasteiger charge is 2.19. The standard InChI is InChI=1S/C22H33N7O7/c1-27-14-16(26-22(31)19-13-17(29(32)33)15-28(19)2)12-18(27)21(30)25-5-4-20(23)24-6-7-35-10-11-36-9-8-34-3/h12-15H,4-11H2,1-3H3,(H2,23,24)(H,25,30)(H,26,31). The first-order valence-corrected chi connectivity index (χ1v) is 11.2. The minimum Gasteiger partial charge on any atom is -0.387 e. The Morgan fingerprint density at radius 2 is 1.67 bits per heavy atom. The van der Waals surface area contributed by atoms with Gasteiger partial charge in [0.15, 0.2) is 0 Å². The molecule has 2 heterocycles. The highest BCUT2D eigenvalue weighted by molar-refractivity contribution is 6.04. The van der Waals surface area contributed by atoms with Crippen molar-refractivity contribution in [1.82, 2.24) is 14.5 Å². The molecule has 0 aliphatic rings. The van der Waals surface area contributed by atoms with Gasteiger partial charge in [-0.3, -0.25) is 24.7 Å². The van der Waals surface area contributed by atoms with Gasteiger partial charge < -0.3 is 39.7 Å². The Kier molecular flexibility index (Phi) is 11.6. The van der Waals surface area contributed by atoms with Crippen LogP contribution in [0.25, 0.3) is 0 Å². The maximum atomic E-state index is 12.5. The predicted molar refractivity (Wildman–Crippen MR) is 132 cm³/mol. The van der Waals surface area contributed by atoms with Crippen LogP contribution >= 0.6 is 0 Å². The Bertz CT molecular complexity index is 1060. The smallest absolute Gasteiger partial charge is 0.287 e. The second-order valence-corrected chi connectivity index (χ2v) is 7.73. The van der Waals surface area contributed by atoms with Crippen LogP contribution in [0, 0.1) is 10.1 Å². The lowest BCUT2D eigenvalue weighted by molar-refractivity contribution is -0.384. The number of hydrogen-bond acceptors (Lipinski definition) is 8. The van der Waals surface area contributed by atoms with Gasteiger partial charge in [0.05, 0.1) is 62.2 Å². The van der Waals surface area contributed by atoms with Gasteiger partial charge in [0.2, 0.25) is 0 Å². The highest BCUT2D eigenvalue weighted by atomic mass is 16.6. The van der Waals surface area contributed by atoms with Gasteiger partial charge in [-0.05, 0) is 6.07 Å². The van der Waals surface area contributed by atoms with Crippen LogP contribution in [0.3, 0.4) is 0 Å². The number of nitrogens with two attached hydrogens (primary N) is 1. The van der Waals surface area contributed by atoms with Crippen LogP contribution in [0.1, 0.15) is 27.4 Å². The van der Waals surface area contributed by atoms with E-state index in [1.165, 1.54) is 29.9 Å². The van der Waals surface area contributed by atoms with Gasteiger partial charge in [0.25, 0.3) is 17.5 Å². The summed E-state index contributed by atoms with van der Waals surface area (Å²) in [7, 11) is 4.81. The fourth-order valence-corrected chi connectivity index (χ4v) is 3.12. The van der Waals surface area contributed by atoms with E-state index in [4.69, 9.17) is 19.9 Å². The summed E-state index contributed by atoms with van der Waals surface area (Å²) in [5.74, 6) is -0.487. The fraction of sp³-hybridized carbons (Fsp3) is 0.500. The first kappa shape index (κ1) is 28.5. The van der Waals surface area contributed by atoms with Crippen LogP contribution in [0.5, 0.6) is 0 Å². The van der Waals surface area contributed by atoms with Crippen molar-refractivity contribution in [2.75, 3.05) is 58.6 Å². The average molecular weight is 508 g/mol. The van der Waals surface area contributed by atoms with Gasteiger partial charge in [0, 0.05) is 46.4 Å². The minimum atomic E-state index is -0.574. The molecule has 0 fully saturated rings. The molecule has 4 N–H and O–H groups in total. The van der Waals surface area contributed by atoms with Crippen LogP contribution in [-0.2, 0) is 28.3 Å². The Morgan fingerprint density at radius 1 is 1.03 bits per heavy atom.